The Balaban J connectivity index is 2.76. The highest BCUT2D eigenvalue weighted by Gasteiger charge is 2.20. The first kappa shape index (κ1) is 14.2. The average molecular weight is 250 g/mol. The van der Waals surface area contributed by atoms with E-state index in [1.807, 2.05) is 13.8 Å². The maximum atomic E-state index is 11.9. The van der Waals surface area contributed by atoms with Crippen LogP contribution in [0, 0.1) is 0 Å². The summed E-state index contributed by atoms with van der Waals surface area (Å²) in [7, 11) is 0. The van der Waals surface area contributed by atoms with Crippen LogP contribution in [0.5, 0.6) is 0 Å². The van der Waals surface area contributed by atoms with E-state index in [9.17, 15) is 9.59 Å². The summed E-state index contributed by atoms with van der Waals surface area (Å²) >= 11 is 0. The minimum atomic E-state index is -0.525. The first-order valence-electron chi connectivity index (χ1n) is 5.69. The van der Waals surface area contributed by atoms with Crippen LogP contribution in [0.15, 0.2) is 24.3 Å². The van der Waals surface area contributed by atoms with E-state index < -0.39 is 11.4 Å². The van der Waals surface area contributed by atoms with Gasteiger partial charge in [-0.3, -0.25) is 9.59 Å². The molecule has 2 amide bonds. The normalized spacial score (nSPS) is 11.1. The van der Waals surface area contributed by atoms with Gasteiger partial charge in [0.05, 0.1) is 0 Å². The Bertz CT molecular complexity index is 438. The van der Waals surface area contributed by atoms with Crippen molar-refractivity contribution in [1.82, 2.24) is 5.32 Å². The molecule has 0 fully saturated rings. The van der Waals surface area contributed by atoms with Crippen LogP contribution in [-0.4, -0.2) is 29.1 Å². The summed E-state index contributed by atoms with van der Waals surface area (Å²) in [5.74, 6) is -0.771. The molecule has 0 saturated heterocycles. The van der Waals surface area contributed by atoms with Crippen LogP contribution >= 0.6 is 0 Å². The summed E-state index contributed by atoms with van der Waals surface area (Å²) in [5, 5.41) is 11.7. The molecule has 1 aromatic carbocycles. The molecule has 98 valence electrons. The Labute approximate surface area is 106 Å². The zero-order valence-corrected chi connectivity index (χ0v) is 10.6. The van der Waals surface area contributed by atoms with E-state index >= 15 is 0 Å². The predicted molar refractivity (Wildman–Crippen MR) is 68.2 cm³/mol. The van der Waals surface area contributed by atoms with Gasteiger partial charge in [0.2, 0.25) is 5.91 Å². The van der Waals surface area contributed by atoms with Crippen molar-refractivity contribution in [2.45, 2.75) is 25.8 Å². The molecule has 0 heterocycles. The Kier molecular flexibility index (Phi) is 4.44. The maximum absolute atomic E-state index is 11.9. The summed E-state index contributed by atoms with van der Waals surface area (Å²) in [6, 6.07) is 6.11. The molecule has 0 bridgehead atoms. The Morgan fingerprint density at radius 2 is 1.72 bits per heavy atom. The minimum Gasteiger partial charge on any atom is -0.396 e. The minimum absolute atomic E-state index is 0.00783. The van der Waals surface area contributed by atoms with E-state index in [2.05, 4.69) is 5.32 Å². The smallest absolute Gasteiger partial charge is 0.251 e. The molecule has 0 aliphatic heterocycles. The second-order valence-electron chi connectivity index (χ2n) is 4.75. The van der Waals surface area contributed by atoms with Crippen LogP contribution < -0.4 is 11.1 Å². The Hall–Kier alpha value is -1.88. The molecule has 5 nitrogen and oxygen atoms in total. The SMILES string of the molecule is CC(C)(CCO)NC(=O)c1ccc(C(N)=O)cc1. The van der Waals surface area contributed by atoms with Gasteiger partial charge >= 0.3 is 0 Å². The summed E-state index contributed by atoms with van der Waals surface area (Å²) in [4.78, 5) is 22.8. The number of rotatable bonds is 5. The third-order valence-corrected chi connectivity index (χ3v) is 2.62. The molecular weight excluding hydrogens is 232 g/mol. The zero-order chi connectivity index (χ0) is 13.8. The standard InChI is InChI=1S/C13H18N2O3/c1-13(2,7-8-16)15-12(18)10-5-3-9(4-6-10)11(14)17/h3-6,16H,7-8H2,1-2H3,(H2,14,17)(H,15,18). The molecule has 4 N–H and O–H groups in total. The monoisotopic (exact) mass is 250 g/mol. The molecule has 0 radical (unpaired) electrons. The highest BCUT2D eigenvalue weighted by Crippen LogP contribution is 2.10. The van der Waals surface area contributed by atoms with Crippen molar-refractivity contribution >= 4 is 11.8 Å². The number of primary amides is 1. The second kappa shape index (κ2) is 5.64. The van der Waals surface area contributed by atoms with E-state index in [1.165, 1.54) is 12.1 Å². The van der Waals surface area contributed by atoms with E-state index in [4.69, 9.17) is 10.8 Å². The number of carbonyl (C=O) groups excluding carboxylic acids is 2. The van der Waals surface area contributed by atoms with Gasteiger partial charge in [0.15, 0.2) is 0 Å². The molecular formula is C13H18N2O3. The molecule has 0 saturated carbocycles. The molecule has 0 aliphatic carbocycles. The quantitative estimate of drug-likeness (QED) is 0.717. The van der Waals surface area contributed by atoms with Crippen LogP contribution in [-0.2, 0) is 0 Å². The third-order valence-electron chi connectivity index (χ3n) is 2.62. The Morgan fingerprint density at radius 1 is 1.22 bits per heavy atom. The largest absolute Gasteiger partial charge is 0.396 e. The number of hydrogen-bond acceptors (Lipinski definition) is 3. The summed E-state index contributed by atoms with van der Waals surface area (Å²) in [5.41, 5.74) is 5.45. The zero-order valence-electron chi connectivity index (χ0n) is 10.6. The van der Waals surface area contributed by atoms with Crippen molar-refractivity contribution in [1.29, 1.82) is 0 Å². The number of aliphatic hydroxyl groups excluding tert-OH is 1. The van der Waals surface area contributed by atoms with Gasteiger partial charge in [-0.25, -0.2) is 0 Å². The van der Waals surface area contributed by atoms with E-state index in [-0.39, 0.29) is 12.5 Å². The van der Waals surface area contributed by atoms with Crippen molar-refractivity contribution in [2.24, 2.45) is 5.73 Å². The number of amides is 2. The Morgan fingerprint density at radius 3 is 2.17 bits per heavy atom. The molecule has 0 unspecified atom stereocenters. The molecule has 1 rings (SSSR count). The van der Waals surface area contributed by atoms with Gasteiger partial charge in [0.1, 0.15) is 0 Å². The average Bonchev–Trinajstić information content (AvgIpc) is 2.28. The fourth-order valence-electron chi connectivity index (χ4n) is 1.51. The number of carbonyl (C=O) groups is 2. The van der Waals surface area contributed by atoms with Crippen LogP contribution in [0.4, 0.5) is 0 Å². The third kappa shape index (κ3) is 3.85. The lowest BCUT2D eigenvalue weighted by Gasteiger charge is -2.25. The van der Waals surface area contributed by atoms with E-state index in [0.29, 0.717) is 17.5 Å². The van der Waals surface area contributed by atoms with Gasteiger partial charge in [-0.1, -0.05) is 0 Å². The van der Waals surface area contributed by atoms with Gasteiger partial charge in [-0.15, -0.1) is 0 Å². The van der Waals surface area contributed by atoms with Crippen molar-refractivity contribution in [3.05, 3.63) is 35.4 Å². The lowest BCUT2D eigenvalue weighted by molar-refractivity contribution is 0.0898. The van der Waals surface area contributed by atoms with Gasteiger partial charge in [-0.05, 0) is 44.5 Å². The van der Waals surface area contributed by atoms with Gasteiger partial charge in [0, 0.05) is 23.3 Å². The van der Waals surface area contributed by atoms with Crippen LogP contribution in [0.25, 0.3) is 0 Å². The van der Waals surface area contributed by atoms with Crippen LogP contribution in [0.3, 0.4) is 0 Å². The fraction of sp³-hybridized carbons (Fsp3) is 0.385. The van der Waals surface area contributed by atoms with Gasteiger partial charge in [-0.2, -0.15) is 0 Å². The maximum Gasteiger partial charge on any atom is 0.251 e. The van der Waals surface area contributed by atoms with Crippen molar-refractivity contribution in [2.75, 3.05) is 6.61 Å². The van der Waals surface area contributed by atoms with Crippen molar-refractivity contribution < 1.29 is 14.7 Å². The first-order valence-corrected chi connectivity index (χ1v) is 5.69. The van der Waals surface area contributed by atoms with E-state index in [0.717, 1.165) is 0 Å². The summed E-state index contributed by atoms with van der Waals surface area (Å²) < 4.78 is 0. The number of nitrogens with two attached hydrogens (primary N) is 1. The number of aliphatic hydroxyl groups is 1. The second-order valence-corrected chi connectivity index (χ2v) is 4.75. The number of hydrogen-bond donors (Lipinski definition) is 3. The number of nitrogens with one attached hydrogen (secondary N) is 1. The molecule has 5 heteroatoms. The van der Waals surface area contributed by atoms with Crippen LogP contribution in [0.1, 0.15) is 41.0 Å². The molecule has 0 aromatic heterocycles. The number of benzene rings is 1. The summed E-state index contributed by atoms with van der Waals surface area (Å²) in [6.07, 6.45) is 0.470. The van der Waals surface area contributed by atoms with Gasteiger partial charge in [0.25, 0.3) is 5.91 Å². The lowest BCUT2D eigenvalue weighted by atomic mass is 10.0. The lowest BCUT2D eigenvalue weighted by Crippen LogP contribution is -2.44. The molecule has 1 aromatic rings. The molecule has 0 spiro atoms. The molecule has 0 aliphatic rings. The van der Waals surface area contributed by atoms with Crippen molar-refractivity contribution in [3.63, 3.8) is 0 Å². The van der Waals surface area contributed by atoms with Crippen LogP contribution in [0.2, 0.25) is 0 Å². The van der Waals surface area contributed by atoms with Crippen molar-refractivity contribution in [3.8, 4) is 0 Å². The summed E-state index contributed by atoms with van der Waals surface area (Å²) in [6.45, 7) is 3.67. The molecule has 18 heavy (non-hydrogen) atoms. The topological polar surface area (TPSA) is 92.4 Å². The highest BCUT2D eigenvalue weighted by atomic mass is 16.3. The highest BCUT2D eigenvalue weighted by molar-refractivity contribution is 5.97. The molecule has 0 atom stereocenters. The fourth-order valence-corrected chi connectivity index (χ4v) is 1.51. The first-order chi connectivity index (χ1) is 8.35. The van der Waals surface area contributed by atoms with E-state index in [1.54, 1.807) is 12.1 Å². The van der Waals surface area contributed by atoms with Gasteiger partial charge < -0.3 is 16.2 Å². The predicted octanol–water partition coefficient (Wildman–Crippen LogP) is 0.676.